The van der Waals surface area contributed by atoms with Crippen LogP contribution >= 0.6 is 27.7 Å². The van der Waals surface area contributed by atoms with Crippen LogP contribution in [0.25, 0.3) is 0 Å². The third-order valence-corrected chi connectivity index (χ3v) is 6.05. The number of amides is 1. The van der Waals surface area contributed by atoms with Crippen LogP contribution in [0.1, 0.15) is 10.9 Å². The lowest BCUT2D eigenvalue weighted by Gasteiger charge is -2.25. The fourth-order valence-corrected chi connectivity index (χ4v) is 4.77. The van der Waals surface area contributed by atoms with Crippen LogP contribution in [0, 0.1) is 0 Å². The molecule has 0 aromatic heterocycles. The summed E-state index contributed by atoms with van der Waals surface area (Å²) in [6, 6.07) is 25.4. The molecule has 4 rings (SSSR count). The first-order valence-electron chi connectivity index (χ1n) is 8.23. The molecule has 130 valence electrons. The maximum atomic E-state index is 12.5. The van der Waals surface area contributed by atoms with Crippen molar-refractivity contribution in [2.45, 2.75) is 5.37 Å². The number of halogens is 1. The average Bonchev–Trinajstić information content (AvgIpc) is 3.05. The number of hydrogen-bond donors (Lipinski definition) is 0. The molecule has 0 aliphatic carbocycles. The predicted molar refractivity (Wildman–Crippen MR) is 110 cm³/mol. The molecule has 0 radical (unpaired) electrons. The Balaban J connectivity index is 1.59. The predicted octanol–water partition coefficient (Wildman–Crippen LogP) is 6.02. The molecule has 1 heterocycles. The van der Waals surface area contributed by atoms with E-state index in [4.69, 9.17) is 4.74 Å². The second-order valence-corrected chi connectivity index (χ2v) is 7.78. The standard InChI is InChI=1S/C21H16BrNO2S/c22-19-9-5-4-8-18(19)21-23(20(24)14-26-21)15-10-12-17(13-11-15)25-16-6-2-1-3-7-16/h1-13,21H,14H2. The summed E-state index contributed by atoms with van der Waals surface area (Å²) in [5.74, 6) is 2.14. The van der Waals surface area contributed by atoms with Crippen molar-refractivity contribution in [1.82, 2.24) is 0 Å². The van der Waals surface area contributed by atoms with E-state index in [1.807, 2.05) is 77.7 Å². The fourth-order valence-electron chi connectivity index (χ4n) is 2.91. The van der Waals surface area contributed by atoms with E-state index in [1.165, 1.54) is 0 Å². The largest absolute Gasteiger partial charge is 0.457 e. The van der Waals surface area contributed by atoms with Gasteiger partial charge in [-0.15, -0.1) is 11.8 Å². The van der Waals surface area contributed by atoms with Crippen molar-refractivity contribution in [3.05, 3.63) is 88.9 Å². The van der Waals surface area contributed by atoms with Crippen molar-refractivity contribution in [3.63, 3.8) is 0 Å². The smallest absolute Gasteiger partial charge is 0.238 e. The minimum Gasteiger partial charge on any atom is -0.457 e. The van der Waals surface area contributed by atoms with Crippen LogP contribution in [-0.2, 0) is 4.79 Å². The van der Waals surface area contributed by atoms with E-state index in [2.05, 4.69) is 22.0 Å². The highest BCUT2D eigenvalue weighted by atomic mass is 79.9. The number of benzene rings is 3. The summed E-state index contributed by atoms with van der Waals surface area (Å²) >= 11 is 5.25. The normalized spacial score (nSPS) is 16.7. The highest BCUT2D eigenvalue weighted by Crippen LogP contribution is 2.44. The SMILES string of the molecule is O=C1CSC(c2ccccc2Br)N1c1ccc(Oc2ccccc2)cc1. The molecule has 1 aliphatic rings. The second-order valence-electron chi connectivity index (χ2n) is 5.86. The van der Waals surface area contributed by atoms with Crippen LogP contribution in [0.4, 0.5) is 5.69 Å². The molecule has 26 heavy (non-hydrogen) atoms. The number of thioether (sulfide) groups is 1. The minimum absolute atomic E-state index is 0.0287. The summed E-state index contributed by atoms with van der Waals surface area (Å²) in [7, 11) is 0. The number of hydrogen-bond acceptors (Lipinski definition) is 3. The number of anilines is 1. The Labute approximate surface area is 165 Å². The molecule has 3 aromatic rings. The number of para-hydroxylation sites is 1. The third kappa shape index (κ3) is 3.50. The Morgan fingerprint density at radius 2 is 1.54 bits per heavy atom. The molecule has 1 aliphatic heterocycles. The zero-order valence-corrected chi connectivity index (χ0v) is 16.2. The van der Waals surface area contributed by atoms with E-state index in [1.54, 1.807) is 11.8 Å². The van der Waals surface area contributed by atoms with Gasteiger partial charge in [-0.3, -0.25) is 9.69 Å². The van der Waals surface area contributed by atoms with E-state index in [0.717, 1.165) is 27.2 Å². The molecule has 1 amide bonds. The number of carbonyl (C=O) groups excluding carboxylic acids is 1. The molecule has 1 atom stereocenters. The lowest BCUT2D eigenvalue weighted by Crippen LogP contribution is -2.27. The first-order valence-corrected chi connectivity index (χ1v) is 10.1. The number of nitrogens with zero attached hydrogens (tertiary/aromatic N) is 1. The van der Waals surface area contributed by atoms with Crippen LogP contribution in [0.5, 0.6) is 11.5 Å². The van der Waals surface area contributed by atoms with Gasteiger partial charge in [0.05, 0.1) is 5.75 Å². The number of ether oxygens (including phenoxy) is 1. The summed E-state index contributed by atoms with van der Waals surface area (Å²) in [5.41, 5.74) is 1.98. The summed E-state index contributed by atoms with van der Waals surface area (Å²) in [6.45, 7) is 0. The summed E-state index contributed by atoms with van der Waals surface area (Å²) in [4.78, 5) is 14.4. The Morgan fingerprint density at radius 1 is 0.885 bits per heavy atom. The van der Waals surface area contributed by atoms with Crippen LogP contribution in [0.2, 0.25) is 0 Å². The van der Waals surface area contributed by atoms with Crippen LogP contribution in [-0.4, -0.2) is 11.7 Å². The van der Waals surface area contributed by atoms with E-state index >= 15 is 0 Å². The van der Waals surface area contributed by atoms with E-state index in [9.17, 15) is 4.79 Å². The summed E-state index contributed by atoms with van der Waals surface area (Å²) < 4.78 is 6.85. The van der Waals surface area contributed by atoms with Gasteiger partial charge >= 0.3 is 0 Å². The van der Waals surface area contributed by atoms with Crippen LogP contribution < -0.4 is 9.64 Å². The zero-order valence-electron chi connectivity index (χ0n) is 13.8. The summed E-state index contributed by atoms with van der Waals surface area (Å²) in [5, 5.41) is -0.0287. The van der Waals surface area contributed by atoms with Gasteiger partial charge < -0.3 is 4.74 Å². The van der Waals surface area contributed by atoms with Crippen LogP contribution in [0.15, 0.2) is 83.3 Å². The Kier molecular flexibility index (Phi) is 5.00. The zero-order chi connectivity index (χ0) is 17.9. The molecule has 1 saturated heterocycles. The van der Waals surface area contributed by atoms with Gasteiger partial charge in [0, 0.05) is 10.2 Å². The van der Waals surface area contributed by atoms with Crippen molar-refractivity contribution >= 4 is 39.3 Å². The van der Waals surface area contributed by atoms with E-state index in [-0.39, 0.29) is 11.3 Å². The second kappa shape index (κ2) is 7.56. The Bertz CT molecular complexity index is 915. The van der Waals surface area contributed by atoms with Gasteiger partial charge in [-0.05, 0) is 48.0 Å². The van der Waals surface area contributed by atoms with Crippen molar-refractivity contribution in [1.29, 1.82) is 0 Å². The van der Waals surface area contributed by atoms with Gasteiger partial charge in [-0.2, -0.15) is 0 Å². The lowest BCUT2D eigenvalue weighted by molar-refractivity contribution is -0.115. The number of carbonyl (C=O) groups is 1. The monoisotopic (exact) mass is 425 g/mol. The quantitative estimate of drug-likeness (QED) is 0.511. The molecule has 0 bridgehead atoms. The van der Waals surface area contributed by atoms with E-state index < -0.39 is 0 Å². The molecular formula is C21H16BrNO2S. The van der Waals surface area contributed by atoms with Gasteiger partial charge in [-0.1, -0.05) is 52.3 Å². The van der Waals surface area contributed by atoms with E-state index in [0.29, 0.717) is 5.75 Å². The van der Waals surface area contributed by atoms with Gasteiger partial charge in [0.15, 0.2) is 0 Å². The Hall–Kier alpha value is -2.24. The first kappa shape index (κ1) is 17.2. The fraction of sp³-hybridized carbons (Fsp3) is 0.0952. The molecule has 0 spiro atoms. The van der Waals surface area contributed by atoms with Gasteiger partial charge in [0.1, 0.15) is 16.9 Å². The molecular weight excluding hydrogens is 410 g/mol. The van der Waals surface area contributed by atoms with Crippen molar-refractivity contribution in [2.75, 3.05) is 10.7 Å². The molecule has 0 N–H and O–H groups in total. The molecule has 1 fully saturated rings. The van der Waals surface area contributed by atoms with Gasteiger partial charge in [0.2, 0.25) is 5.91 Å². The highest BCUT2D eigenvalue weighted by Gasteiger charge is 2.34. The third-order valence-electron chi connectivity index (χ3n) is 4.13. The maximum Gasteiger partial charge on any atom is 0.238 e. The topological polar surface area (TPSA) is 29.5 Å². The molecule has 3 nitrogen and oxygen atoms in total. The number of rotatable bonds is 4. The van der Waals surface area contributed by atoms with Gasteiger partial charge in [0.25, 0.3) is 0 Å². The van der Waals surface area contributed by atoms with Gasteiger partial charge in [-0.25, -0.2) is 0 Å². The molecule has 0 saturated carbocycles. The molecule has 3 aromatic carbocycles. The summed E-state index contributed by atoms with van der Waals surface area (Å²) in [6.07, 6.45) is 0. The average molecular weight is 426 g/mol. The minimum atomic E-state index is -0.0287. The Morgan fingerprint density at radius 3 is 2.27 bits per heavy atom. The van der Waals surface area contributed by atoms with Crippen molar-refractivity contribution < 1.29 is 9.53 Å². The van der Waals surface area contributed by atoms with Crippen molar-refractivity contribution in [2.24, 2.45) is 0 Å². The molecule has 5 heteroatoms. The van der Waals surface area contributed by atoms with Crippen molar-refractivity contribution in [3.8, 4) is 11.5 Å². The first-order chi connectivity index (χ1) is 12.7. The maximum absolute atomic E-state index is 12.5. The molecule has 1 unspecified atom stereocenters. The highest BCUT2D eigenvalue weighted by molar-refractivity contribution is 9.10. The van der Waals surface area contributed by atoms with Crippen LogP contribution in [0.3, 0.4) is 0 Å². The lowest BCUT2D eigenvalue weighted by atomic mass is 10.2.